The molecule has 2 rings (SSSR count). The van der Waals surface area contributed by atoms with Gasteiger partial charge in [-0.2, -0.15) is 0 Å². The van der Waals surface area contributed by atoms with Crippen LogP contribution in [0.3, 0.4) is 0 Å². The molecule has 15 heavy (non-hydrogen) atoms. The SMILES string of the molecule is O=C(O)CC(=O)c1c[nH]c2ccccc12. The first-order valence-corrected chi connectivity index (χ1v) is 4.49. The first kappa shape index (κ1) is 9.45. The number of rotatable bonds is 3. The lowest BCUT2D eigenvalue weighted by atomic mass is 10.1. The van der Waals surface area contributed by atoms with Crippen LogP contribution in [0.15, 0.2) is 30.5 Å². The summed E-state index contributed by atoms with van der Waals surface area (Å²) in [5.41, 5.74) is 1.28. The number of carboxylic acids is 1. The molecule has 76 valence electrons. The summed E-state index contributed by atoms with van der Waals surface area (Å²) >= 11 is 0. The van der Waals surface area contributed by atoms with Crippen molar-refractivity contribution in [3.8, 4) is 0 Å². The van der Waals surface area contributed by atoms with Crippen molar-refractivity contribution >= 4 is 22.7 Å². The largest absolute Gasteiger partial charge is 0.481 e. The van der Waals surface area contributed by atoms with Crippen molar-refractivity contribution in [2.75, 3.05) is 0 Å². The van der Waals surface area contributed by atoms with E-state index in [2.05, 4.69) is 4.98 Å². The van der Waals surface area contributed by atoms with E-state index < -0.39 is 12.4 Å². The Morgan fingerprint density at radius 1 is 1.27 bits per heavy atom. The number of ketones is 1. The maximum Gasteiger partial charge on any atom is 0.311 e. The van der Waals surface area contributed by atoms with Crippen LogP contribution >= 0.6 is 0 Å². The lowest BCUT2D eigenvalue weighted by Crippen LogP contribution is -2.06. The number of nitrogens with one attached hydrogen (secondary N) is 1. The van der Waals surface area contributed by atoms with E-state index in [0.717, 1.165) is 10.9 Å². The fourth-order valence-electron chi connectivity index (χ4n) is 1.53. The van der Waals surface area contributed by atoms with Gasteiger partial charge in [-0.1, -0.05) is 18.2 Å². The van der Waals surface area contributed by atoms with E-state index in [1.807, 2.05) is 18.2 Å². The molecule has 0 unspecified atom stereocenters. The van der Waals surface area contributed by atoms with Crippen LogP contribution in [-0.4, -0.2) is 21.8 Å². The topological polar surface area (TPSA) is 70.2 Å². The van der Waals surface area contributed by atoms with E-state index >= 15 is 0 Å². The molecule has 2 aromatic rings. The van der Waals surface area contributed by atoms with Crippen LogP contribution in [0.25, 0.3) is 10.9 Å². The minimum absolute atomic E-state index is 0.375. The van der Waals surface area contributed by atoms with Crippen LogP contribution in [0, 0.1) is 0 Å². The highest BCUT2D eigenvalue weighted by Crippen LogP contribution is 2.18. The van der Waals surface area contributed by atoms with Gasteiger partial charge in [-0.15, -0.1) is 0 Å². The van der Waals surface area contributed by atoms with Gasteiger partial charge >= 0.3 is 5.97 Å². The molecule has 0 spiro atoms. The van der Waals surface area contributed by atoms with E-state index in [0.29, 0.717) is 5.56 Å². The van der Waals surface area contributed by atoms with Gasteiger partial charge in [0.05, 0.1) is 0 Å². The van der Waals surface area contributed by atoms with Crippen molar-refractivity contribution in [2.24, 2.45) is 0 Å². The summed E-state index contributed by atoms with van der Waals surface area (Å²) in [5, 5.41) is 9.29. The Kier molecular flexibility index (Phi) is 2.25. The van der Waals surface area contributed by atoms with E-state index in [4.69, 9.17) is 5.11 Å². The highest BCUT2D eigenvalue weighted by atomic mass is 16.4. The van der Waals surface area contributed by atoms with Gasteiger partial charge in [0, 0.05) is 22.7 Å². The first-order valence-electron chi connectivity index (χ1n) is 4.49. The number of aromatic amines is 1. The van der Waals surface area contributed by atoms with E-state index in [-0.39, 0.29) is 5.78 Å². The van der Waals surface area contributed by atoms with Crippen molar-refractivity contribution in [3.63, 3.8) is 0 Å². The molecular weight excluding hydrogens is 194 g/mol. The first-order chi connectivity index (χ1) is 7.18. The predicted octanol–water partition coefficient (Wildman–Crippen LogP) is 1.83. The molecule has 1 heterocycles. The molecule has 0 aliphatic rings. The molecule has 0 saturated carbocycles. The number of aliphatic carboxylic acids is 1. The summed E-state index contributed by atoms with van der Waals surface area (Å²) < 4.78 is 0. The van der Waals surface area contributed by atoms with Gasteiger partial charge < -0.3 is 10.1 Å². The number of carbonyl (C=O) groups excluding carboxylic acids is 1. The normalized spacial score (nSPS) is 10.4. The Morgan fingerprint density at radius 3 is 2.73 bits per heavy atom. The zero-order chi connectivity index (χ0) is 10.8. The number of carboxylic acid groups (broad SMARTS) is 1. The minimum Gasteiger partial charge on any atom is -0.481 e. The summed E-state index contributed by atoms with van der Waals surface area (Å²) in [5.74, 6) is -1.48. The second-order valence-electron chi connectivity index (χ2n) is 3.24. The van der Waals surface area contributed by atoms with Crippen molar-refractivity contribution in [1.82, 2.24) is 4.98 Å². The Morgan fingerprint density at radius 2 is 2.00 bits per heavy atom. The van der Waals surface area contributed by atoms with Gasteiger partial charge in [-0.05, 0) is 6.07 Å². The lowest BCUT2D eigenvalue weighted by molar-refractivity contribution is -0.135. The minimum atomic E-state index is -1.11. The van der Waals surface area contributed by atoms with Crippen molar-refractivity contribution in [3.05, 3.63) is 36.0 Å². The summed E-state index contributed by atoms with van der Waals surface area (Å²) in [4.78, 5) is 24.9. The molecule has 0 saturated heterocycles. The van der Waals surface area contributed by atoms with Crippen molar-refractivity contribution in [1.29, 1.82) is 0 Å². The summed E-state index contributed by atoms with van der Waals surface area (Å²) in [7, 11) is 0. The molecule has 4 heteroatoms. The second kappa shape index (κ2) is 3.57. The summed E-state index contributed by atoms with van der Waals surface area (Å²) in [6, 6.07) is 7.30. The Bertz CT molecular complexity index is 527. The molecule has 2 N–H and O–H groups in total. The zero-order valence-corrected chi connectivity index (χ0v) is 7.86. The zero-order valence-electron chi connectivity index (χ0n) is 7.86. The Labute approximate surface area is 85.5 Å². The smallest absolute Gasteiger partial charge is 0.311 e. The molecule has 0 atom stereocenters. The van der Waals surface area contributed by atoms with Gasteiger partial charge in [0.15, 0.2) is 5.78 Å². The number of benzene rings is 1. The lowest BCUT2D eigenvalue weighted by Gasteiger charge is -1.94. The van der Waals surface area contributed by atoms with Gasteiger partial charge in [0.25, 0.3) is 0 Å². The van der Waals surface area contributed by atoms with E-state index in [1.54, 1.807) is 12.3 Å². The van der Waals surface area contributed by atoms with Crippen molar-refractivity contribution in [2.45, 2.75) is 6.42 Å². The molecular formula is C11H9NO3. The number of H-pyrrole nitrogens is 1. The van der Waals surface area contributed by atoms with Crippen LogP contribution in [0.4, 0.5) is 0 Å². The predicted molar refractivity (Wildman–Crippen MR) is 54.9 cm³/mol. The van der Waals surface area contributed by atoms with Gasteiger partial charge in [-0.25, -0.2) is 0 Å². The fraction of sp³-hybridized carbons (Fsp3) is 0.0909. The standard InChI is InChI=1S/C11H9NO3/c13-10(5-11(14)15)8-6-12-9-4-2-1-3-7(8)9/h1-4,6,12H,5H2,(H,14,15). The van der Waals surface area contributed by atoms with Gasteiger partial charge in [0.1, 0.15) is 6.42 Å². The molecule has 0 bridgehead atoms. The summed E-state index contributed by atoms with van der Waals surface area (Å²) in [6.07, 6.45) is 1.08. The molecule has 4 nitrogen and oxygen atoms in total. The number of hydrogen-bond acceptors (Lipinski definition) is 2. The van der Waals surface area contributed by atoms with Crippen LogP contribution < -0.4 is 0 Å². The average Bonchev–Trinajstić information content (AvgIpc) is 2.59. The number of fused-ring (bicyclic) bond motifs is 1. The van der Waals surface area contributed by atoms with Crippen LogP contribution in [0.2, 0.25) is 0 Å². The van der Waals surface area contributed by atoms with Crippen LogP contribution in [0.5, 0.6) is 0 Å². The van der Waals surface area contributed by atoms with Gasteiger partial charge in [0.2, 0.25) is 0 Å². The third kappa shape index (κ3) is 1.74. The quantitative estimate of drug-likeness (QED) is 0.590. The van der Waals surface area contributed by atoms with Crippen LogP contribution in [0.1, 0.15) is 16.8 Å². The highest BCUT2D eigenvalue weighted by Gasteiger charge is 2.14. The van der Waals surface area contributed by atoms with Gasteiger partial charge in [-0.3, -0.25) is 9.59 Å². The number of aromatic nitrogens is 1. The number of carbonyl (C=O) groups is 2. The number of Topliss-reactive ketones (excluding diaryl/α,β-unsaturated/α-hetero) is 1. The molecule has 0 fully saturated rings. The van der Waals surface area contributed by atoms with E-state index in [1.165, 1.54) is 0 Å². The van der Waals surface area contributed by atoms with Crippen molar-refractivity contribution < 1.29 is 14.7 Å². The molecule has 0 aliphatic heterocycles. The Hall–Kier alpha value is -2.10. The maximum absolute atomic E-state index is 11.5. The fourth-order valence-corrected chi connectivity index (χ4v) is 1.53. The molecule has 0 amide bonds. The molecule has 1 aromatic heterocycles. The number of para-hydroxylation sites is 1. The van der Waals surface area contributed by atoms with Crippen LogP contribution in [-0.2, 0) is 4.79 Å². The van der Waals surface area contributed by atoms with E-state index in [9.17, 15) is 9.59 Å². The highest BCUT2D eigenvalue weighted by molar-refractivity contribution is 6.12. The summed E-state index contributed by atoms with van der Waals surface area (Å²) in [6.45, 7) is 0. The third-order valence-electron chi connectivity index (χ3n) is 2.20. The maximum atomic E-state index is 11.5. The molecule has 0 radical (unpaired) electrons. The number of hydrogen-bond donors (Lipinski definition) is 2. The monoisotopic (exact) mass is 203 g/mol. The molecule has 0 aliphatic carbocycles. The average molecular weight is 203 g/mol. The Balaban J connectivity index is 2.44. The molecule has 1 aromatic carbocycles. The second-order valence-corrected chi connectivity index (χ2v) is 3.24. The third-order valence-corrected chi connectivity index (χ3v) is 2.20.